The molecule has 0 saturated carbocycles. The predicted octanol–water partition coefficient (Wildman–Crippen LogP) is 4.41. The van der Waals surface area contributed by atoms with Crippen LogP contribution in [0.25, 0.3) is 17.7 Å². The Morgan fingerprint density at radius 3 is 2.82 bits per heavy atom. The zero-order chi connectivity index (χ0) is 19.9. The predicted molar refractivity (Wildman–Crippen MR) is 102 cm³/mol. The van der Waals surface area contributed by atoms with E-state index in [0.717, 1.165) is 5.56 Å². The lowest BCUT2D eigenvalue weighted by atomic mass is 10.2. The quantitative estimate of drug-likeness (QED) is 0.421. The molecule has 0 N–H and O–H groups in total. The number of esters is 1. The van der Waals surface area contributed by atoms with Gasteiger partial charge in [0.15, 0.2) is 17.3 Å². The molecular formula is C21H21NO6. The van der Waals surface area contributed by atoms with Gasteiger partial charge < -0.3 is 23.0 Å². The first-order chi connectivity index (χ1) is 13.6. The molecule has 2 aromatic heterocycles. The molecule has 28 heavy (non-hydrogen) atoms. The molecule has 0 amide bonds. The summed E-state index contributed by atoms with van der Waals surface area (Å²) in [6.45, 7) is 4.13. The van der Waals surface area contributed by atoms with Gasteiger partial charge in [0, 0.05) is 6.08 Å². The maximum Gasteiger partial charge on any atom is 0.330 e. The van der Waals surface area contributed by atoms with Crippen LogP contribution < -0.4 is 9.47 Å². The number of oxazole rings is 1. The third-order valence-corrected chi connectivity index (χ3v) is 3.88. The van der Waals surface area contributed by atoms with Crippen molar-refractivity contribution in [3.8, 4) is 23.1 Å². The second kappa shape index (κ2) is 8.94. The highest BCUT2D eigenvalue weighted by molar-refractivity contribution is 5.87. The molecule has 0 fully saturated rings. The number of methoxy groups -OCH3 is 1. The molecule has 146 valence electrons. The summed E-state index contributed by atoms with van der Waals surface area (Å²) in [5, 5.41) is 0. The Bertz CT molecular complexity index is 955. The van der Waals surface area contributed by atoms with E-state index < -0.39 is 5.97 Å². The fourth-order valence-electron chi connectivity index (χ4n) is 2.48. The van der Waals surface area contributed by atoms with E-state index in [-0.39, 0.29) is 6.61 Å². The van der Waals surface area contributed by atoms with Crippen LogP contribution in [0.2, 0.25) is 0 Å². The summed E-state index contributed by atoms with van der Waals surface area (Å²) in [4.78, 5) is 15.8. The second-order valence-electron chi connectivity index (χ2n) is 5.78. The molecule has 1 aromatic carbocycles. The smallest absolute Gasteiger partial charge is 0.330 e. The Morgan fingerprint density at radius 1 is 1.25 bits per heavy atom. The molecule has 0 spiro atoms. The molecular weight excluding hydrogens is 362 g/mol. The van der Waals surface area contributed by atoms with Crippen molar-refractivity contribution in [1.29, 1.82) is 0 Å². The Hall–Kier alpha value is -3.48. The number of aryl methyl sites for hydroxylation is 1. The van der Waals surface area contributed by atoms with E-state index in [0.29, 0.717) is 41.2 Å². The van der Waals surface area contributed by atoms with Crippen LogP contribution >= 0.6 is 0 Å². The van der Waals surface area contributed by atoms with E-state index in [1.165, 1.54) is 6.08 Å². The van der Waals surface area contributed by atoms with Crippen molar-refractivity contribution in [3.05, 3.63) is 59.7 Å². The Labute approximate surface area is 162 Å². The van der Waals surface area contributed by atoms with E-state index in [1.54, 1.807) is 50.6 Å². The standard InChI is InChI=1S/C21H21NO6/c1-4-25-20(23)10-8-15-7-9-17(19(12-15)24-3)27-13-16-14(2)28-21(22-16)18-6-5-11-26-18/h5-12H,4,13H2,1-3H3. The monoisotopic (exact) mass is 383 g/mol. The number of carbonyl (C=O) groups is 1. The van der Waals surface area contributed by atoms with Gasteiger partial charge in [-0.3, -0.25) is 0 Å². The van der Waals surface area contributed by atoms with Gasteiger partial charge in [0.2, 0.25) is 0 Å². The fourth-order valence-corrected chi connectivity index (χ4v) is 2.48. The number of furan rings is 1. The number of hydrogen-bond acceptors (Lipinski definition) is 7. The van der Waals surface area contributed by atoms with Gasteiger partial charge in [0.1, 0.15) is 18.1 Å². The third-order valence-electron chi connectivity index (χ3n) is 3.88. The first kappa shape index (κ1) is 19.3. The van der Waals surface area contributed by atoms with Crippen molar-refractivity contribution in [2.45, 2.75) is 20.5 Å². The maximum absolute atomic E-state index is 11.4. The Morgan fingerprint density at radius 2 is 2.11 bits per heavy atom. The van der Waals surface area contributed by atoms with Crippen LogP contribution in [0.1, 0.15) is 23.9 Å². The summed E-state index contributed by atoms with van der Waals surface area (Å²) in [6, 6.07) is 8.91. The lowest BCUT2D eigenvalue weighted by Crippen LogP contribution is -2.00. The number of hydrogen-bond donors (Lipinski definition) is 0. The van der Waals surface area contributed by atoms with Crippen LogP contribution in [-0.2, 0) is 16.1 Å². The van der Waals surface area contributed by atoms with Crippen molar-refractivity contribution in [2.24, 2.45) is 0 Å². The number of aromatic nitrogens is 1. The summed E-state index contributed by atoms with van der Waals surface area (Å²) < 4.78 is 27.0. The molecule has 7 heteroatoms. The number of nitrogens with zero attached hydrogens (tertiary/aromatic N) is 1. The number of carbonyl (C=O) groups excluding carboxylic acids is 1. The van der Waals surface area contributed by atoms with Gasteiger partial charge in [0.05, 0.1) is 20.0 Å². The second-order valence-corrected chi connectivity index (χ2v) is 5.78. The molecule has 3 aromatic rings. The average Bonchev–Trinajstić information content (AvgIpc) is 3.35. The van der Waals surface area contributed by atoms with Crippen molar-refractivity contribution in [3.63, 3.8) is 0 Å². The Kier molecular flexibility index (Phi) is 6.16. The average molecular weight is 383 g/mol. The molecule has 0 aliphatic rings. The van der Waals surface area contributed by atoms with Crippen molar-refractivity contribution < 1.29 is 27.8 Å². The van der Waals surface area contributed by atoms with Gasteiger partial charge in [-0.2, -0.15) is 0 Å². The number of ether oxygens (including phenoxy) is 3. The molecule has 2 heterocycles. The van der Waals surface area contributed by atoms with Crippen LogP contribution in [0.3, 0.4) is 0 Å². The summed E-state index contributed by atoms with van der Waals surface area (Å²) >= 11 is 0. The summed E-state index contributed by atoms with van der Waals surface area (Å²) in [7, 11) is 1.55. The van der Waals surface area contributed by atoms with Crippen molar-refractivity contribution in [1.82, 2.24) is 4.98 Å². The highest BCUT2D eigenvalue weighted by Gasteiger charge is 2.15. The third kappa shape index (κ3) is 4.62. The molecule has 0 radical (unpaired) electrons. The van der Waals surface area contributed by atoms with Crippen molar-refractivity contribution >= 4 is 12.0 Å². The number of benzene rings is 1. The van der Waals surface area contributed by atoms with Crippen molar-refractivity contribution in [2.75, 3.05) is 13.7 Å². The molecule has 7 nitrogen and oxygen atoms in total. The van der Waals surface area contributed by atoms with E-state index >= 15 is 0 Å². The molecule has 0 aliphatic heterocycles. The molecule has 0 bridgehead atoms. The zero-order valence-electron chi connectivity index (χ0n) is 15.9. The minimum Gasteiger partial charge on any atom is -0.493 e. The van der Waals surface area contributed by atoms with Crippen LogP contribution in [-0.4, -0.2) is 24.7 Å². The van der Waals surface area contributed by atoms with Crippen LogP contribution in [0, 0.1) is 6.92 Å². The molecule has 0 unspecified atom stereocenters. The minimum atomic E-state index is -0.393. The van der Waals surface area contributed by atoms with E-state index in [1.807, 2.05) is 13.0 Å². The largest absolute Gasteiger partial charge is 0.493 e. The van der Waals surface area contributed by atoms with Gasteiger partial charge in [0.25, 0.3) is 5.89 Å². The van der Waals surface area contributed by atoms with E-state index in [2.05, 4.69) is 4.98 Å². The topological polar surface area (TPSA) is 83.9 Å². The minimum absolute atomic E-state index is 0.213. The zero-order valence-corrected chi connectivity index (χ0v) is 15.9. The highest BCUT2D eigenvalue weighted by Crippen LogP contribution is 2.30. The van der Waals surface area contributed by atoms with Gasteiger partial charge in [-0.05, 0) is 49.8 Å². The molecule has 0 aliphatic carbocycles. The summed E-state index contributed by atoms with van der Waals surface area (Å²) in [5.41, 5.74) is 1.45. The van der Waals surface area contributed by atoms with Gasteiger partial charge in [-0.15, -0.1) is 0 Å². The molecule has 0 atom stereocenters. The van der Waals surface area contributed by atoms with Gasteiger partial charge in [-0.25, -0.2) is 9.78 Å². The van der Waals surface area contributed by atoms with Gasteiger partial charge >= 0.3 is 5.97 Å². The molecule has 3 rings (SSSR count). The fraction of sp³-hybridized carbons (Fsp3) is 0.238. The summed E-state index contributed by atoms with van der Waals surface area (Å²) in [6.07, 6.45) is 4.59. The first-order valence-electron chi connectivity index (χ1n) is 8.76. The lowest BCUT2D eigenvalue weighted by Gasteiger charge is -2.10. The Balaban J connectivity index is 1.70. The maximum atomic E-state index is 11.4. The van der Waals surface area contributed by atoms with Crippen LogP contribution in [0.5, 0.6) is 11.5 Å². The molecule has 0 saturated heterocycles. The van der Waals surface area contributed by atoms with Gasteiger partial charge in [-0.1, -0.05) is 6.07 Å². The van der Waals surface area contributed by atoms with E-state index in [9.17, 15) is 4.79 Å². The van der Waals surface area contributed by atoms with E-state index in [4.69, 9.17) is 23.0 Å². The highest BCUT2D eigenvalue weighted by atomic mass is 16.5. The number of rotatable bonds is 8. The van der Waals surface area contributed by atoms with Crippen LogP contribution in [0.15, 0.2) is 51.5 Å². The summed E-state index contributed by atoms with van der Waals surface area (Å²) in [5.74, 6) is 2.32. The lowest BCUT2D eigenvalue weighted by molar-refractivity contribution is -0.137. The first-order valence-corrected chi connectivity index (χ1v) is 8.76. The normalized spacial score (nSPS) is 11.0. The SMILES string of the molecule is CCOC(=O)C=Cc1ccc(OCc2nc(-c3ccco3)oc2C)c(OC)c1. The van der Waals surface area contributed by atoms with Crippen LogP contribution in [0.4, 0.5) is 0 Å².